The summed E-state index contributed by atoms with van der Waals surface area (Å²) in [5.74, 6) is 1.33. The molecule has 0 aliphatic carbocycles. The van der Waals surface area contributed by atoms with E-state index in [0.717, 1.165) is 31.2 Å². The van der Waals surface area contributed by atoms with E-state index in [9.17, 15) is 4.79 Å². The summed E-state index contributed by atoms with van der Waals surface area (Å²) < 4.78 is 4.71. The van der Waals surface area contributed by atoms with E-state index in [2.05, 4.69) is 18.7 Å². The smallest absolute Gasteiger partial charge is 0.325 e. The number of hydrogen-bond donors (Lipinski definition) is 1. The zero-order valence-electron chi connectivity index (χ0n) is 12.9. The molecule has 2 atom stereocenters. The highest BCUT2D eigenvalue weighted by molar-refractivity contribution is 5.79. The Morgan fingerprint density at radius 1 is 1.47 bits per heavy atom. The molecule has 0 spiro atoms. The highest BCUT2D eigenvalue weighted by Crippen LogP contribution is 2.24. The predicted octanol–water partition coefficient (Wildman–Crippen LogP) is 2.02. The van der Waals surface area contributed by atoms with Crippen LogP contribution in [-0.2, 0) is 9.53 Å². The van der Waals surface area contributed by atoms with Crippen molar-refractivity contribution in [2.45, 2.75) is 52.0 Å². The first kappa shape index (κ1) is 16.4. The molecule has 1 heterocycles. The normalized spacial score (nSPS) is 23.6. The van der Waals surface area contributed by atoms with Crippen molar-refractivity contribution in [3.63, 3.8) is 0 Å². The van der Waals surface area contributed by atoms with Crippen LogP contribution in [0.25, 0.3) is 0 Å². The first-order chi connectivity index (χ1) is 8.86. The van der Waals surface area contributed by atoms with Gasteiger partial charge in [-0.25, -0.2) is 0 Å². The molecular formula is C15H30N2O2. The van der Waals surface area contributed by atoms with Crippen molar-refractivity contribution in [3.8, 4) is 0 Å². The molecule has 0 aromatic rings. The second-order valence-corrected chi connectivity index (χ2v) is 6.46. The molecule has 1 fully saturated rings. The number of ether oxygens (including phenoxy) is 1. The minimum atomic E-state index is -0.833. The number of nitrogens with zero attached hydrogens (tertiary/aromatic N) is 1. The number of methoxy groups -OCH3 is 1. The van der Waals surface area contributed by atoms with Crippen molar-refractivity contribution >= 4 is 5.97 Å². The van der Waals surface area contributed by atoms with E-state index in [1.54, 1.807) is 6.92 Å². The molecule has 4 heteroatoms. The summed E-state index contributed by atoms with van der Waals surface area (Å²) >= 11 is 0. The van der Waals surface area contributed by atoms with Crippen LogP contribution in [-0.4, -0.2) is 43.2 Å². The highest BCUT2D eigenvalue weighted by Gasteiger charge is 2.29. The average molecular weight is 270 g/mol. The van der Waals surface area contributed by atoms with Crippen molar-refractivity contribution in [1.82, 2.24) is 4.90 Å². The Morgan fingerprint density at radius 3 is 2.68 bits per heavy atom. The van der Waals surface area contributed by atoms with Crippen LogP contribution in [0.4, 0.5) is 0 Å². The van der Waals surface area contributed by atoms with Crippen LogP contribution in [0.15, 0.2) is 0 Å². The lowest BCUT2D eigenvalue weighted by molar-refractivity contribution is -0.146. The summed E-state index contributed by atoms with van der Waals surface area (Å²) in [5, 5.41) is 0. The molecule has 4 nitrogen and oxygen atoms in total. The van der Waals surface area contributed by atoms with Gasteiger partial charge in [-0.15, -0.1) is 0 Å². The van der Waals surface area contributed by atoms with Crippen molar-refractivity contribution in [3.05, 3.63) is 0 Å². The molecule has 0 aromatic carbocycles. The van der Waals surface area contributed by atoms with Crippen LogP contribution < -0.4 is 5.73 Å². The van der Waals surface area contributed by atoms with E-state index in [0.29, 0.717) is 6.42 Å². The number of likely N-dealkylation sites (tertiary alicyclic amines) is 1. The van der Waals surface area contributed by atoms with Gasteiger partial charge in [0.2, 0.25) is 0 Å². The molecule has 2 N–H and O–H groups in total. The zero-order valence-corrected chi connectivity index (χ0v) is 12.9. The van der Waals surface area contributed by atoms with E-state index >= 15 is 0 Å². The maximum absolute atomic E-state index is 11.4. The molecule has 19 heavy (non-hydrogen) atoms. The Labute approximate surface area is 117 Å². The summed E-state index contributed by atoms with van der Waals surface area (Å²) in [6, 6.07) is 0. The summed E-state index contributed by atoms with van der Waals surface area (Å²) in [6.45, 7) is 9.95. The third-order valence-corrected chi connectivity index (χ3v) is 4.32. The van der Waals surface area contributed by atoms with Crippen molar-refractivity contribution in [1.29, 1.82) is 0 Å². The maximum atomic E-state index is 11.4. The van der Waals surface area contributed by atoms with Crippen LogP contribution in [0.3, 0.4) is 0 Å². The fourth-order valence-corrected chi connectivity index (χ4v) is 2.77. The van der Waals surface area contributed by atoms with Crippen LogP contribution >= 0.6 is 0 Å². The highest BCUT2D eigenvalue weighted by atomic mass is 16.5. The third-order valence-electron chi connectivity index (χ3n) is 4.32. The van der Waals surface area contributed by atoms with Crippen molar-refractivity contribution in [2.24, 2.45) is 17.6 Å². The van der Waals surface area contributed by atoms with Gasteiger partial charge in [-0.2, -0.15) is 0 Å². The van der Waals surface area contributed by atoms with Gasteiger partial charge in [-0.05, 0) is 57.5 Å². The van der Waals surface area contributed by atoms with Crippen LogP contribution in [0.1, 0.15) is 46.5 Å². The molecule has 1 aliphatic rings. The first-order valence-electron chi connectivity index (χ1n) is 7.46. The largest absolute Gasteiger partial charge is 0.468 e. The molecule has 2 unspecified atom stereocenters. The predicted molar refractivity (Wildman–Crippen MR) is 77.8 cm³/mol. The van der Waals surface area contributed by atoms with Crippen LogP contribution in [0.2, 0.25) is 0 Å². The molecular weight excluding hydrogens is 240 g/mol. The second-order valence-electron chi connectivity index (χ2n) is 6.46. The number of carbonyl (C=O) groups is 1. The Hall–Kier alpha value is -0.610. The van der Waals surface area contributed by atoms with E-state index < -0.39 is 5.54 Å². The third kappa shape index (κ3) is 5.11. The lowest BCUT2D eigenvalue weighted by Crippen LogP contribution is -2.45. The van der Waals surface area contributed by atoms with Gasteiger partial charge < -0.3 is 15.4 Å². The summed E-state index contributed by atoms with van der Waals surface area (Å²) in [6.07, 6.45) is 4.11. The Morgan fingerprint density at radius 2 is 2.16 bits per heavy atom. The molecule has 1 rings (SSSR count). The van der Waals surface area contributed by atoms with Gasteiger partial charge in [0, 0.05) is 6.54 Å². The minimum absolute atomic E-state index is 0.312. The topological polar surface area (TPSA) is 55.6 Å². The lowest BCUT2D eigenvalue weighted by atomic mass is 9.95. The van der Waals surface area contributed by atoms with Gasteiger partial charge in [0.25, 0.3) is 0 Å². The maximum Gasteiger partial charge on any atom is 0.325 e. The first-order valence-corrected chi connectivity index (χ1v) is 7.46. The summed E-state index contributed by atoms with van der Waals surface area (Å²) in [7, 11) is 1.39. The Bertz CT molecular complexity index is 290. The molecule has 0 bridgehead atoms. The number of rotatable bonds is 7. The Kier molecular flexibility index (Phi) is 6.27. The molecule has 0 radical (unpaired) electrons. The van der Waals surface area contributed by atoms with Gasteiger partial charge in [-0.3, -0.25) is 4.79 Å². The summed E-state index contributed by atoms with van der Waals surface area (Å²) in [5.41, 5.74) is 5.11. The molecule has 1 aliphatic heterocycles. The fourth-order valence-electron chi connectivity index (χ4n) is 2.77. The Balaban J connectivity index is 2.17. The second kappa shape index (κ2) is 7.25. The van der Waals surface area contributed by atoms with Crippen molar-refractivity contribution in [2.75, 3.05) is 26.7 Å². The molecule has 0 amide bonds. The van der Waals surface area contributed by atoms with Gasteiger partial charge in [0.15, 0.2) is 0 Å². The van der Waals surface area contributed by atoms with Gasteiger partial charge in [-0.1, -0.05) is 13.8 Å². The number of nitrogens with two attached hydrogens (primary N) is 1. The molecule has 1 saturated heterocycles. The van der Waals surface area contributed by atoms with E-state index in [1.807, 2.05) is 0 Å². The SMILES string of the molecule is COC(=O)C(C)(N)CCCCN1CCC(C(C)C)C1. The molecule has 112 valence electrons. The van der Waals surface area contributed by atoms with Gasteiger partial charge in [0.05, 0.1) is 7.11 Å². The standard InChI is InChI=1S/C15H30N2O2/c1-12(2)13-7-10-17(11-13)9-6-5-8-15(3,16)14(18)19-4/h12-13H,5-11,16H2,1-4H3. The van der Waals surface area contributed by atoms with E-state index in [1.165, 1.54) is 26.6 Å². The monoisotopic (exact) mass is 270 g/mol. The number of esters is 1. The quantitative estimate of drug-likeness (QED) is 0.568. The van der Waals surface area contributed by atoms with E-state index in [4.69, 9.17) is 10.5 Å². The molecule has 0 aromatic heterocycles. The van der Waals surface area contributed by atoms with Gasteiger partial charge >= 0.3 is 5.97 Å². The van der Waals surface area contributed by atoms with E-state index in [-0.39, 0.29) is 5.97 Å². The van der Waals surface area contributed by atoms with Crippen LogP contribution in [0.5, 0.6) is 0 Å². The zero-order chi connectivity index (χ0) is 14.5. The average Bonchev–Trinajstić information content (AvgIpc) is 2.82. The lowest BCUT2D eigenvalue weighted by Gasteiger charge is -2.22. The number of hydrogen-bond acceptors (Lipinski definition) is 4. The van der Waals surface area contributed by atoms with Crippen molar-refractivity contribution < 1.29 is 9.53 Å². The molecule has 0 saturated carbocycles. The minimum Gasteiger partial charge on any atom is -0.468 e. The van der Waals surface area contributed by atoms with Crippen LogP contribution in [0, 0.1) is 11.8 Å². The summed E-state index contributed by atoms with van der Waals surface area (Å²) in [4.78, 5) is 14.0. The van der Waals surface area contributed by atoms with Gasteiger partial charge in [0.1, 0.15) is 5.54 Å². The number of unbranched alkanes of at least 4 members (excludes halogenated alkanes) is 1. The fraction of sp³-hybridized carbons (Fsp3) is 0.933. The number of carbonyl (C=O) groups excluding carboxylic acids is 1.